The van der Waals surface area contributed by atoms with E-state index >= 15 is 0 Å². The van der Waals surface area contributed by atoms with Crippen LogP contribution >= 0.6 is 0 Å². The van der Waals surface area contributed by atoms with Crippen LogP contribution in [-0.4, -0.2) is 53.5 Å². The molecule has 2 atom stereocenters. The highest BCUT2D eigenvalue weighted by Gasteiger charge is 2.33. The van der Waals surface area contributed by atoms with Crippen LogP contribution in [0.1, 0.15) is 44.7 Å². The lowest BCUT2D eigenvalue weighted by Crippen LogP contribution is -2.46. The third kappa shape index (κ3) is 3.64. The fraction of sp³-hybridized carbons (Fsp3) is 0.714. The zero-order chi connectivity index (χ0) is 15.5. The molecule has 1 aliphatic rings. The monoisotopic (exact) mass is 313 g/mol. The lowest BCUT2D eigenvalue weighted by atomic mass is 9.95. The van der Waals surface area contributed by atoms with Crippen LogP contribution in [0.25, 0.3) is 0 Å². The third-order valence-electron chi connectivity index (χ3n) is 4.07. The molecule has 6 nitrogen and oxygen atoms in total. The zero-order valence-corrected chi connectivity index (χ0v) is 13.4. The van der Waals surface area contributed by atoms with Gasteiger partial charge in [0.2, 0.25) is 5.91 Å². The van der Waals surface area contributed by atoms with Crippen molar-refractivity contribution in [1.29, 1.82) is 0 Å². The summed E-state index contributed by atoms with van der Waals surface area (Å²) in [4.78, 5) is 14.1. The molecular weight excluding hydrogens is 290 g/mol. The predicted octanol–water partition coefficient (Wildman–Crippen LogP) is 1.33. The summed E-state index contributed by atoms with van der Waals surface area (Å²) in [6.07, 6.45) is 4.11. The molecule has 2 heterocycles. The summed E-state index contributed by atoms with van der Waals surface area (Å²) in [5.74, 6) is 0.0107. The van der Waals surface area contributed by atoms with Gasteiger partial charge in [0.1, 0.15) is 5.25 Å². The summed E-state index contributed by atoms with van der Waals surface area (Å²) in [6, 6.07) is 1.91. The van der Waals surface area contributed by atoms with E-state index in [1.807, 2.05) is 13.0 Å². The maximum Gasteiger partial charge on any atom is 0.240 e. The minimum atomic E-state index is -3.34. The average molecular weight is 313 g/mol. The van der Waals surface area contributed by atoms with E-state index in [0.29, 0.717) is 19.5 Å². The Balaban J connectivity index is 2.05. The second-order valence-electron chi connectivity index (χ2n) is 5.64. The molecule has 1 aromatic heterocycles. The number of piperidine rings is 1. The second kappa shape index (κ2) is 6.60. The van der Waals surface area contributed by atoms with Gasteiger partial charge in [0.25, 0.3) is 0 Å². The number of sulfone groups is 1. The lowest BCUT2D eigenvalue weighted by molar-refractivity contribution is -0.131. The van der Waals surface area contributed by atoms with E-state index < -0.39 is 15.1 Å². The fourth-order valence-corrected chi connectivity index (χ4v) is 4.18. The molecule has 1 N–H and O–H groups in total. The third-order valence-corrected chi connectivity index (χ3v) is 6.33. The van der Waals surface area contributed by atoms with Gasteiger partial charge in [-0.1, -0.05) is 6.92 Å². The van der Waals surface area contributed by atoms with E-state index in [-0.39, 0.29) is 17.6 Å². The number of carbonyl (C=O) groups excluding carboxylic acids is 1. The topological polar surface area (TPSA) is 83.1 Å². The number of nitrogens with zero attached hydrogens (tertiary/aromatic N) is 2. The minimum Gasteiger partial charge on any atom is -0.341 e. The van der Waals surface area contributed by atoms with Crippen LogP contribution in [0, 0.1) is 0 Å². The van der Waals surface area contributed by atoms with Crippen molar-refractivity contribution in [3.8, 4) is 0 Å². The van der Waals surface area contributed by atoms with Crippen molar-refractivity contribution in [3.05, 3.63) is 18.0 Å². The Kier molecular flexibility index (Phi) is 5.03. The van der Waals surface area contributed by atoms with Crippen molar-refractivity contribution >= 4 is 15.7 Å². The summed E-state index contributed by atoms with van der Waals surface area (Å²) in [6.45, 7) is 4.51. The smallest absolute Gasteiger partial charge is 0.240 e. The number of rotatable bonds is 5. The zero-order valence-electron chi connectivity index (χ0n) is 12.6. The number of aromatic nitrogens is 2. The Morgan fingerprint density at radius 2 is 2.33 bits per heavy atom. The highest BCUT2D eigenvalue weighted by Crippen LogP contribution is 2.26. The molecule has 0 unspecified atom stereocenters. The number of amides is 1. The van der Waals surface area contributed by atoms with Crippen LogP contribution in [0.4, 0.5) is 0 Å². The van der Waals surface area contributed by atoms with Gasteiger partial charge < -0.3 is 4.90 Å². The van der Waals surface area contributed by atoms with Gasteiger partial charge in [-0.05, 0) is 32.3 Å². The molecule has 0 aliphatic carbocycles. The number of hydrogen-bond donors (Lipinski definition) is 1. The number of hydrogen-bond acceptors (Lipinski definition) is 4. The fourth-order valence-electron chi connectivity index (χ4n) is 2.80. The van der Waals surface area contributed by atoms with Gasteiger partial charge in [0.15, 0.2) is 9.84 Å². The molecule has 7 heteroatoms. The Morgan fingerprint density at radius 3 is 2.95 bits per heavy atom. The SMILES string of the molecule is CCCS(=O)(=O)[C@@H](C)C(=O)N1CCC[C@H](c2ccn[nH]2)C1. The summed E-state index contributed by atoms with van der Waals surface area (Å²) in [5, 5.41) is 5.94. The quantitative estimate of drug-likeness (QED) is 0.889. The predicted molar refractivity (Wildman–Crippen MR) is 80.7 cm³/mol. The Morgan fingerprint density at radius 1 is 1.57 bits per heavy atom. The van der Waals surface area contributed by atoms with Crippen LogP contribution in [0.15, 0.2) is 12.3 Å². The van der Waals surface area contributed by atoms with Crippen molar-refractivity contribution in [2.75, 3.05) is 18.8 Å². The molecule has 0 saturated carbocycles. The van der Waals surface area contributed by atoms with E-state index in [1.165, 1.54) is 6.92 Å². The molecule has 0 spiro atoms. The first-order valence-corrected chi connectivity index (χ1v) is 9.17. The molecule has 0 aromatic carbocycles. The molecule has 2 rings (SSSR count). The first-order chi connectivity index (χ1) is 9.95. The van der Waals surface area contributed by atoms with Crippen molar-refractivity contribution in [2.45, 2.75) is 44.3 Å². The normalized spacial score (nSPS) is 21.2. The molecular formula is C14H23N3O3S. The maximum atomic E-state index is 12.5. The molecule has 1 fully saturated rings. The summed E-state index contributed by atoms with van der Waals surface area (Å²) < 4.78 is 24.1. The van der Waals surface area contributed by atoms with Gasteiger partial charge in [0, 0.05) is 30.9 Å². The summed E-state index contributed by atoms with van der Waals surface area (Å²) in [7, 11) is -3.34. The Labute approximate surface area is 125 Å². The molecule has 0 radical (unpaired) electrons. The highest BCUT2D eigenvalue weighted by atomic mass is 32.2. The van der Waals surface area contributed by atoms with Gasteiger partial charge >= 0.3 is 0 Å². The van der Waals surface area contributed by atoms with Crippen LogP contribution in [0.5, 0.6) is 0 Å². The summed E-state index contributed by atoms with van der Waals surface area (Å²) in [5.41, 5.74) is 1.01. The van der Waals surface area contributed by atoms with E-state index in [4.69, 9.17) is 0 Å². The molecule has 1 aromatic rings. The number of H-pyrrole nitrogens is 1. The molecule has 118 valence electrons. The molecule has 1 amide bonds. The van der Waals surface area contributed by atoms with Gasteiger partial charge in [-0.3, -0.25) is 9.89 Å². The van der Waals surface area contributed by atoms with Gasteiger partial charge in [-0.15, -0.1) is 0 Å². The lowest BCUT2D eigenvalue weighted by Gasteiger charge is -2.33. The van der Waals surface area contributed by atoms with E-state index in [0.717, 1.165) is 18.5 Å². The molecule has 21 heavy (non-hydrogen) atoms. The number of likely N-dealkylation sites (tertiary alicyclic amines) is 1. The van der Waals surface area contributed by atoms with Crippen LogP contribution < -0.4 is 0 Å². The van der Waals surface area contributed by atoms with Gasteiger partial charge in [-0.2, -0.15) is 5.10 Å². The average Bonchev–Trinajstić information content (AvgIpc) is 3.00. The van der Waals surface area contributed by atoms with Crippen molar-refractivity contribution < 1.29 is 13.2 Å². The number of nitrogens with one attached hydrogen (secondary N) is 1. The van der Waals surface area contributed by atoms with Gasteiger partial charge in [-0.25, -0.2) is 8.42 Å². The first-order valence-electron chi connectivity index (χ1n) is 7.45. The van der Waals surface area contributed by atoms with Crippen molar-refractivity contribution in [1.82, 2.24) is 15.1 Å². The number of carbonyl (C=O) groups is 1. The standard InChI is InChI=1S/C14H23N3O3S/c1-3-9-21(19,20)11(2)14(18)17-8-4-5-12(10-17)13-6-7-15-16-13/h6-7,11-12H,3-5,8-10H2,1-2H3,(H,15,16)/t11-,12-/m0/s1. The minimum absolute atomic E-state index is 0.0672. The van der Waals surface area contributed by atoms with Gasteiger partial charge in [0.05, 0.1) is 5.75 Å². The van der Waals surface area contributed by atoms with Crippen LogP contribution in [-0.2, 0) is 14.6 Å². The maximum absolute atomic E-state index is 12.5. The second-order valence-corrected chi connectivity index (χ2v) is 8.09. The summed E-state index contributed by atoms with van der Waals surface area (Å²) >= 11 is 0. The van der Waals surface area contributed by atoms with Crippen molar-refractivity contribution in [3.63, 3.8) is 0 Å². The highest BCUT2D eigenvalue weighted by molar-refractivity contribution is 7.92. The molecule has 1 aliphatic heterocycles. The van der Waals surface area contributed by atoms with Crippen LogP contribution in [0.2, 0.25) is 0 Å². The van der Waals surface area contributed by atoms with E-state index in [2.05, 4.69) is 10.2 Å². The molecule has 0 bridgehead atoms. The number of aromatic amines is 1. The Bertz CT molecular complexity index is 568. The van der Waals surface area contributed by atoms with Crippen molar-refractivity contribution in [2.24, 2.45) is 0 Å². The van der Waals surface area contributed by atoms with Crippen LogP contribution in [0.3, 0.4) is 0 Å². The largest absolute Gasteiger partial charge is 0.341 e. The van der Waals surface area contributed by atoms with E-state index in [9.17, 15) is 13.2 Å². The first kappa shape index (κ1) is 16.0. The van der Waals surface area contributed by atoms with E-state index in [1.54, 1.807) is 11.1 Å². The Hall–Kier alpha value is -1.37. The molecule has 1 saturated heterocycles.